The maximum atomic E-state index is 8.22. The number of azide groups is 1. The van der Waals surface area contributed by atoms with Crippen LogP contribution in [-0.4, -0.2) is 6.04 Å². The lowest BCUT2D eigenvalue weighted by Crippen LogP contribution is -2.09. The summed E-state index contributed by atoms with van der Waals surface area (Å²) in [6.45, 7) is 0. The van der Waals surface area contributed by atoms with Gasteiger partial charge >= 0.3 is 0 Å². The minimum Gasteiger partial charge on any atom is -0.0894 e. The van der Waals surface area contributed by atoms with Crippen molar-refractivity contribution in [1.82, 2.24) is 0 Å². The van der Waals surface area contributed by atoms with Gasteiger partial charge in [-0.15, -0.1) is 0 Å². The van der Waals surface area contributed by atoms with Gasteiger partial charge in [0.2, 0.25) is 0 Å². The fraction of sp³-hybridized carbons (Fsp3) is 0.714. The molecular formula is C7H9N3. The third-order valence-corrected chi connectivity index (χ3v) is 2.50. The molecule has 0 aromatic rings. The first-order valence-corrected chi connectivity index (χ1v) is 3.64. The van der Waals surface area contributed by atoms with E-state index in [0.717, 1.165) is 0 Å². The molecule has 0 spiro atoms. The van der Waals surface area contributed by atoms with E-state index in [1.54, 1.807) is 0 Å². The van der Waals surface area contributed by atoms with E-state index in [2.05, 4.69) is 22.2 Å². The van der Waals surface area contributed by atoms with E-state index in [1.165, 1.54) is 12.8 Å². The standard InChI is InChI=1S/C7H9N3/c8-10-9-7-5-1-2-6(7)4-3-5/h1-2,5-7H,3-4H2. The van der Waals surface area contributed by atoms with Gasteiger partial charge in [-0.3, -0.25) is 0 Å². The van der Waals surface area contributed by atoms with Gasteiger partial charge in [0.15, 0.2) is 0 Å². The Labute approximate surface area is 59.4 Å². The molecule has 2 aliphatic carbocycles. The van der Waals surface area contributed by atoms with Crippen LogP contribution in [-0.2, 0) is 0 Å². The second-order valence-corrected chi connectivity index (χ2v) is 2.99. The molecule has 0 saturated heterocycles. The summed E-state index contributed by atoms with van der Waals surface area (Å²) in [7, 11) is 0. The molecule has 0 N–H and O–H groups in total. The Morgan fingerprint density at radius 3 is 2.30 bits per heavy atom. The van der Waals surface area contributed by atoms with Crippen molar-refractivity contribution in [3.63, 3.8) is 0 Å². The third kappa shape index (κ3) is 0.642. The molecule has 0 heterocycles. The molecule has 3 nitrogen and oxygen atoms in total. The average molecular weight is 135 g/mol. The minimum absolute atomic E-state index is 0.255. The molecule has 0 aromatic heterocycles. The molecule has 0 aliphatic heterocycles. The van der Waals surface area contributed by atoms with Gasteiger partial charge in [-0.2, -0.15) is 0 Å². The second kappa shape index (κ2) is 2.03. The SMILES string of the molecule is [N-]=[N+]=NC1C2C=CC1CC2. The smallest absolute Gasteiger partial charge is 0.0499 e. The molecule has 2 aliphatic rings. The van der Waals surface area contributed by atoms with Crippen molar-refractivity contribution in [1.29, 1.82) is 0 Å². The molecule has 0 radical (unpaired) electrons. The van der Waals surface area contributed by atoms with Crippen LogP contribution in [0.5, 0.6) is 0 Å². The Hall–Kier alpha value is -0.950. The Balaban J connectivity index is 2.21. The van der Waals surface area contributed by atoms with Crippen LogP contribution in [0, 0.1) is 11.8 Å². The fourth-order valence-electron chi connectivity index (χ4n) is 1.98. The molecule has 10 heavy (non-hydrogen) atoms. The Morgan fingerprint density at radius 2 is 1.90 bits per heavy atom. The Morgan fingerprint density at radius 1 is 1.30 bits per heavy atom. The largest absolute Gasteiger partial charge is 0.0894 e. The number of rotatable bonds is 1. The van der Waals surface area contributed by atoms with E-state index in [-0.39, 0.29) is 6.04 Å². The van der Waals surface area contributed by atoms with E-state index in [4.69, 9.17) is 5.53 Å². The zero-order chi connectivity index (χ0) is 6.97. The molecule has 0 aromatic carbocycles. The van der Waals surface area contributed by atoms with E-state index in [9.17, 15) is 0 Å². The molecular weight excluding hydrogens is 126 g/mol. The van der Waals surface area contributed by atoms with Gasteiger partial charge in [0.05, 0.1) is 0 Å². The summed E-state index contributed by atoms with van der Waals surface area (Å²) in [6, 6.07) is 0.255. The maximum absolute atomic E-state index is 8.22. The lowest BCUT2D eigenvalue weighted by Gasteiger charge is -2.05. The van der Waals surface area contributed by atoms with Gasteiger partial charge in [-0.25, -0.2) is 0 Å². The molecule has 0 amide bonds. The first-order valence-electron chi connectivity index (χ1n) is 3.64. The molecule has 2 atom stereocenters. The van der Waals surface area contributed by atoms with E-state index in [0.29, 0.717) is 11.8 Å². The average Bonchev–Trinajstić information content (AvgIpc) is 2.50. The van der Waals surface area contributed by atoms with E-state index < -0.39 is 0 Å². The maximum Gasteiger partial charge on any atom is 0.0499 e. The zero-order valence-electron chi connectivity index (χ0n) is 5.64. The predicted molar refractivity (Wildman–Crippen MR) is 38.3 cm³/mol. The lowest BCUT2D eigenvalue weighted by atomic mass is 10.1. The van der Waals surface area contributed by atoms with Gasteiger partial charge in [-0.1, -0.05) is 17.3 Å². The van der Waals surface area contributed by atoms with Gasteiger partial charge < -0.3 is 0 Å². The van der Waals surface area contributed by atoms with Crippen LogP contribution in [0.25, 0.3) is 10.4 Å². The van der Waals surface area contributed by atoms with Crippen molar-refractivity contribution in [2.75, 3.05) is 0 Å². The molecule has 3 heteroatoms. The van der Waals surface area contributed by atoms with Gasteiger partial charge in [0.25, 0.3) is 0 Å². The number of hydrogen-bond acceptors (Lipinski definition) is 1. The highest BCUT2D eigenvalue weighted by Crippen LogP contribution is 2.41. The van der Waals surface area contributed by atoms with Gasteiger partial charge in [-0.05, 0) is 30.2 Å². The van der Waals surface area contributed by atoms with Crippen molar-refractivity contribution >= 4 is 0 Å². The van der Waals surface area contributed by atoms with Crippen molar-refractivity contribution < 1.29 is 0 Å². The summed E-state index contributed by atoms with van der Waals surface area (Å²) in [5.41, 5.74) is 8.22. The van der Waals surface area contributed by atoms with Crippen LogP contribution in [0.15, 0.2) is 17.3 Å². The van der Waals surface area contributed by atoms with Crippen LogP contribution >= 0.6 is 0 Å². The van der Waals surface area contributed by atoms with Crippen molar-refractivity contribution in [2.24, 2.45) is 17.0 Å². The normalized spacial score (nSPS) is 41.8. The third-order valence-electron chi connectivity index (χ3n) is 2.50. The number of nitrogens with zero attached hydrogens (tertiary/aromatic N) is 3. The highest BCUT2D eigenvalue weighted by molar-refractivity contribution is 5.14. The zero-order valence-corrected chi connectivity index (χ0v) is 5.64. The van der Waals surface area contributed by atoms with Crippen LogP contribution in [0.3, 0.4) is 0 Å². The first-order chi connectivity index (χ1) is 4.92. The summed E-state index contributed by atoms with van der Waals surface area (Å²) in [6.07, 6.45) is 6.80. The highest BCUT2D eigenvalue weighted by atomic mass is 15.2. The van der Waals surface area contributed by atoms with Gasteiger partial charge in [0.1, 0.15) is 0 Å². The van der Waals surface area contributed by atoms with Crippen molar-refractivity contribution in [2.45, 2.75) is 18.9 Å². The second-order valence-electron chi connectivity index (χ2n) is 2.99. The van der Waals surface area contributed by atoms with Gasteiger partial charge in [0, 0.05) is 11.0 Å². The molecule has 1 saturated carbocycles. The summed E-state index contributed by atoms with van der Waals surface area (Å²) < 4.78 is 0. The topological polar surface area (TPSA) is 48.8 Å². The minimum atomic E-state index is 0.255. The summed E-state index contributed by atoms with van der Waals surface area (Å²) >= 11 is 0. The molecule has 2 bridgehead atoms. The van der Waals surface area contributed by atoms with Crippen LogP contribution in [0.2, 0.25) is 0 Å². The quantitative estimate of drug-likeness (QED) is 0.229. The Bertz CT molecular complexity index is 201. The number of fused-ring (bicyclic) bond motifs is 2. The number of hydrogen-bond donors (Lipinski definition) is 0. The fourth-order valence-corrected chi connectivity index (χ4v) is 1.98. The predicted octanol–water partition coefficient (Wildman–Crippen LogP) is 2.26. The van der Waals surface area contributed by atoms with Crippen molar-refractivity contribution in [3.8, 4) is 0 Å². The van der Waals surface area contributed by atoms with Crippen LogP contribution in [0.1, 0.15) is 12.8 Å². The molecule has 1 fully saturated rings. The molecule has 2 unspecified atom stereocenters. The summed E-state index contributed by atoms with van der Waals surface area (Å²) in [4.78, 5) is 2.84. The lowest BCUT2D eigenvalue weighted by molar-refractivity contribution is 0.557. The monoisotopic (exact) mass is 135 g/mol. The summed E-state index contributed by atoms with van der Waals surface area (Å²) in [5.74, 6) is 1.11. The van der Waals surface area contributed by atoms with Crippen LogP contribution < -0.4 is 0 Å². The summed E-state index contributed by atoms with van der Waals surface area (Å²) in [5, 5.41) is 3.77. The highest BCUT2D eigenvalue weighted by Gasteiger charge is 2.36. The van der Waals surface area contributed by atoms with Crippen molar-refractivity contribution in [3.05, 3.63) is 22.6 Å². The van der Waals surface area contributed by atoms with E-state index >= 15 is 0 Å². The van der Waals surface area contributed by atoms with E-state index in [1.807, 2.05) is 0 Å². The Kier molecular flexibility index (Phi) is 1.18. The first kappa shape index (κ1) is 5.81. The van der Waals surface area contributed by atoms with Crippen LogP contribution in [0.4, 0.5) is 0 Å². The molecule has 52 valence electrons. The molecule has 2 rings (SSSR count).